The number of nitrogens with zero attached hydrogens (tertiary/aromatic N) is 3. The molecule has 0 bridgehead atoms. The maximum atomic E-state index is 14.2. The number of aromatic amines is 1. The van der Waals surface area contributed by atoms with Crippen LogP contribution in [0.5, 0.6) is 0 Å². The standard InChI is InChI=1S/C18H18FN5O2/c19-12-9-5-4-8-11(12)16-21-13(15(20)25)14-17(23-16)24(18(26)22-14)10-6-2-1-3-7-10/h4-5,8-10H,1-3,6-7H2,(H2,20,25)(H,22,26). The zero-order chi connectivity index (χ0) is 18.3. The van der Waals surface area contributed by atoms with Gasteiger partial charge < -0.3 is 10.7 Å². The van der Waals surface area contributed by atoms with Gasteiger partial charge in [-0.1, -0.05) is 31.4 Å². The van der Waals surface area contributed by atoms with Gasteiger partial charge in [-0.3, -0.25) is 9.36 Å². The molecular formula is C18H18FN5O2. The topological polar surface area (TPSA) is 107 Å². The SMILES string of the molecule is NC(=O)c1nc(-c2ccccc2F)nc2c1[nH]c(=O)n2C1CCCCC1. The van der Waals surface area contributed by atoms with Crippen LogP contribution in [-0.2, 0) is 0 Å². The van der Waals surface area contributed by atoms with Gasteiger partial charge in [0.05, 0.1) is 5.56 Å². The predicted octanol–water partition coefficient (Wildman–Crippen LogP) is 2.53. The summed E-state index contributed by atoms with van der Waals surface area (Å²) in [6.45, 7) is 0. The molecule has 134 valence electrons. The molecule has 1 aliphatic carbocycles. The largest absolute Gasteiger partial charge is 0.364 e. The Morgan fingerprint density at radius 3 is 2.62 bits per heavy atom. The van der Waals surface area contributed by atoms with Crippen molar-refractivity contribution >= 4 is 17.1 Å². The second-order valence-electron chi connectivity index (χ2n) is 6.53. The third-order valence-corrected chi connectivity index (χ3v) is 4.86. The molecule has 8 heteroatoms. The van der Waals surface area contributed by atoms with Gasteiger partial charge in [0.25, 0.3) is 5.91 Å². The summed E-state index contributed by atoms with van der Waals surface area (Å²) >= 11 is 0. The van der Waals surface area contributed by atoms with Gasteiger partial charge in [-0.05, 0) is 25.0 Å². The molecule has 3 aromatic rings. The minimum Gasteiger partial charge on any atom is -0.364 e. The molecule has 0 aliphatic heterocycles. The highest BCUT2D eigenvalue weighted by Crippen LogP contribution is 2.30. The number of fused-ring (bicyclic) bond motifs is 1. The van der Waals surface area contributed by atoms with E-state index in [4.69, 9.17) is 5.73 Å². The Labute approximate surface area is 148 Å². The van der Waals surface area contributed by atoms with Crippen LogP contribution in [0, 0.1) is 5.82 Å². The summed E-state index contributed by atoms with van der Waals surface area (Å²) in [6.07, 6.45) is 4.90. The van der Waals surface area contributed by atoms with Crippen molar-refractivity contribution in [3.63, 3.8) is 0 Å². The van der Waals surface area contributed by atoms with Crippen molar-refractivity contribution in [3.05, 3.63) is 46.3 Å². The van der Waals surface area contributed by atoms with E-state index in [1.54, 1.807) is 16.7 Å². The summed E-state index contributed by atoms with van der Waals surface area (Å²) in [5.74, 6) is -1.27. The Morgan fingerprint density at radius 2 is 1.92 bits per heavy atom. The van der Waals surface area contributed by atoms with Crippen molar-refractivity contribution in [3.8, 4) is 11.4 Å². The summed E-state index contributed by atoms with van der Waals surface area (Å²) < 4.78 is 15.8. The zero-order valence-electron chi connectivity index (χ0n) is 14.0. The number of hydrogen-bond acceptors (Lipinski definition) is 4. The van der Waals surface area contributed by atoms with Gasteiger partial charge in [-0.15, -0.1) is 0 Å². The average molecular weight is 355 g/mol. The van der Waals surface area contributed by atoms with E-state index < -0.39 is 11.7 Å². The maximum Gasteiger partial charge on any atom is 0.327 e. The van der Waals surface area contributed by atoms with E-state index in [0.717, 1.165) is 32.1 Å². The van der Waals surface area contributed by atoms with Gasteiger partial charge in [-0.25, -0.2) is 19.2 Å². The summed E-state index contributed by atoms with van der Waals surface area (Å²) in [6, 6.07) is 6.02. The molecule has 1 aliphatic rings. The van der Waals surface area contributed by atoms with Gasteiger partial charge >= 0.3 is 5.69 Å². The van der Waals surface area contributed by atoms with Crippen LogP contribution in [0.2, 0.25) is 0 Å². The quantitative estimate of drug-likeness (QED) is 0.753. The molecule has 7 nitrogen and oxygen atoms in total. The van der Waals surface area contributed by atoms with Crippen LogP contribution in [-0.4, -0.2) is 25.4 Å². The molecule has 1 fully saturated rings. The molecule has 4 rings (SSSR count). The van der Waals surface area contributed by atoms with E-state index in [-0.39, 0.29) is 34.3 Å². The van der Waals surface area contributed by atoms with Crippen LogP contribution >= 0.6 is 0 Å². The number of imidazole rings is 1. The van der Waals surface area contributed by atoms with E-state index in [9.17, 15) is 14.0 Å². The lowest BCUT2D eigenvalue weighted by atomic mass is 9.95. The molecule has 0 radical (unpaired) electrons. The normalized spacial score (nSPS) is 15.4. The van der Waals surface area contributed by atoms with Crippen LogP contribution in [0.1, 0.15) is 48.6 Å². The highest BCUT2D eigenvalue weighted by atomic mass is 19.1. The molecule has 3 N–H and O–H groups in total. The number of halogens is 1. The van der Waals surface area contributed by atoms with E-state index in [0.29, 0.717) is 5.65 Å². The number of nitrogens with two attached hydrogens (primary N) is 1. The molecule has 1 aromatic carbocycles. The first-order chi connectivity index (χ1) is 12.6. The molecule has 26 heavy (non-hydrogen) atoms. The third kappa shape index (κ3) is 2.67. The van der Waals surface area contributed by atoms with Crippen LogP contribution in [0.25, 0.3) is 22.6 Å². The van der Waals surface area contributed by atoms with Crippen molar-refractivity contribution in [2.75, 3.05) is 0 Å². The maximum absolute atomic E-state index is 14.2. The van der Waals surface area contributed by atoms with Crippen LogP contribution in [0.15, 0.2) is 29.1 Å². The Bertz CT molecular complexity index is 1050. The van der Waals surface area contributed by atoms with Gasteiger partial charge in [0.15, 0.2) is 17.2 Å². The molecule has 0 unspecified atom stereocenters. The molecule has 2 heterocycles. The third-order valence-electron chi connectivity index (χ3n) is 4.86. The zero-order valence-corrected chi connectivity index (χ0v) is 14.0. The number of hydrogen-bond donors (Lipinski definition) is 2. The van der Waals surface area contributed by atoms with Crippen molar-refractivity contribution in [2.24, 2.45) is 5.73 Å². The molecule has 0 atom stereocenters. The number of aromatic nitrogens is 4. The Kier molecular flexibility index (Phi) is 4.02. The molecule has 1 saturated carbocycles. The lowest BCUT2D eigenvalue weighted by Crippen LogP contribution is -2.24. The first-order valence-corrected chi connectivity index (χ1v) is 8.63. The van der Waals surface area contributed by atoms with Crippen molar-refractivity contribution in [1.29, 1.82) is 0 Å². The van der Waals surface area contributed by atoms with Crippen molar-refractivity contribution < 1.29 is 9.18 Å². The van der Waals surface area contributed by atoms with Gasteiger partial charge in [0, 0.05) is 6.04 Å². The Morgan fingerprint density at radius 1 is 1.19 bits per heavy atom. The fourth-order valence-electron chi connectivity index (χ4n) is 3.62. The minimum absolute atomic E-state index is 0.00547. The minimum atomic E-state index is -0.799. The Hall–Kier alpha value is -3.03. The number of carbonyl (C=O) groups excluding carboxylic acids is 1. The number of nitrogens with one attached hydrogen (secondary N) is 1. The van der Waals surface area contributed by atoms with Crippen molar-refractivity contribution in [1.82, 2.24) is 19.5 Å². The second-order valence-corrected chi connectivity index (χ2v) is 6.53. The fourth-order valence-corrected chi connectivity index (χ4v) is 3.62. The lowest BCUT2D eigenvalue weighted by Gasteiger charge is -2.22. The van der Waals surface area contributed by atoms with Crippen LogP contribution in [0.3, 0.4) is 0 Å². The molecular weight excluding hydrogens is 337 g/mol. The molecule has 2 aromatic heterocycles. The molecule has 1 amide bonds. The smallest absolute Gasteiger partial charge is 0.327 e. The number of rotatable bonds is 3. The molecule has 0 spiro atoms. The average Bonchev–Trinajstić information content (AvgIpc) is 2.97. The van der Waals surface area contributed by atoms with Gasteiger partial charge in [-0.2, -0.15) is 0 Å². The van der Waals surface area contributed by atoms with E-state index in [1.807, 2.05) is 0 Å². The number of amides is 1. The fraction of sp³-hybridized carbons (Fsp3) is 0.333. The van der Waals surface area contributed by atoms with E-state index in [1.165, 1.54) is 12.1 Å². The van der Waals surface area contributed by atoms with E-state index >= 15 is 0 Å². The summed E-state index contributed by atoms with van der Waals surface area (Å²) in [4.78, 5) is 35.6. The van der Waals surface area contributed by atoms with Gasteiger partial charge in [0.1, 0.15) is 11.3 Å². The van der Waals surface area contributed by atoms with Gasteiger partial charge in [0.2, 0.25) is 0 Å². The summed E-state index contributed by atoms with van der Waals surface area (Å²) in [5, 5.41) is 0. The van der Waals surface area contributed by atoms with Crippen LogP contribution in [0.4, 0.5) is 4.39 Å². The lowest BCUT2D eigenvalue weighted by molar-refractivity contribution is 0.0997. The first-order valence-electron chi connectivity index (χ1n) is 8.63. The number of H-pyrrole nitrogens is 1. The van der Waals surface area contributed by atoms with Crippen molar-refractivity contribution in [2.45, 2.75) is 38.1 Å². The number of benzene rings is 1. The highest BCUT2D eigenvalue weighted by molar-refractivity contribution is 6.01. The summed E-state index contributed by atoms with van der Waals surface area (Å²) in [7, 11) is 0. The monoisotopic (exact) mass is 355 g/mol. The van der Waals surface area contributed by atoms with Crippen LogP contribution < -0.4 is 11.4 Å². The Balaban J connectivity index is 2.00. The number of carbonyl (C=O) groups is 1. The molecule has 0 saturated heterocycles. The first kappa shape index (κ1) is 16.4. The predicted molar refractivity (Wildman–Crippen MR) is 94.2 cm³/mol. The highest BCUT2D eigenvalue weighted by Gasteiger charge is 2.25. The van der Waals surface area contributed by atoms with E-state index in [2.05, 4.69) is 15.0 Å². The number of primary amides is 1. The summed E-state index contributed by atoms with van der Waals surface area (Å²) in [5.41, 5.74) is 5.64. The second kappa shape index (κ2) is 6.36.